The van der Waals surface area contributed by atoms with Crippen LogP contribution in [0.1, 0.15) is 32.1 Å². The third kappa shape index (κ3) is 2.92. The van der Waals surface area contributed by atoms with Crippen LogP contribution in [0.25, 0.3) is 0 Å². The van der Waals surface area contributed by atoms with E-state index < -0.39 is 0 Å². The molecule has 1 heterocycles. The van der Waals surface area contributed by atoms with Gasteiger partial charge in [0.25, 0.3) is 5.88 Å². The van der Waals surface area contributed by atoms with Crippen molar-refractivity contribution in [3.63, 3.8) is 0 Å². The van der Waals surface area contributed by atoms with Gasteiger partial charge in [0.2, 0.25) is 10.4 Å². The van der Waals surface area contributed by atoms with E-state index in [1.807, 2.05) is 0 Å². The van der Waals surface area contributed by atoms with Crippen molar-refractivity contribution in [3.05, 3.63) is 10.4 Å². The molecule has 15 heavy (non-hydrogen) atoms. The molecule has 1 aliphatic rings. The van der Waals surface area contributed by atoms with Crippen LogP contribution >= 0.6 is 23.2 Å². The molecular formula is C9H11Cl2N3O. The molecule has 2 rings (SSSR count). The number of halogens is 2. The quantitative estimate of drug-likeness (QED) is 0.807. The van der Waals surface area contributed by atoms with E-state index in [9.17, 15) is 0 Å². The Balaban J connectivity index is 2.05. The van der Waals surface area contributed by atoms with Crippen LogP contribution in [-0.4, -0.2) is 21.3 Å². The van der Waals surface area contributed by atoms with Crippen LogP contribution in [0.3, 0.4) is 0 Å². The van der Waals surface area contributed by atoms with Gasteiger partial charge in [-0.15, -0.1) is 10.2 Å². The Morgan fingerprint density at radius 3 is 2.53 bits per heavy atom. The lowest BCUT2D eigenvalue weighted by molar-refractivity contribution is 0.148. The van der Waals surface area contributed by atoms with Crippen LogP contribution in [0.4, 0.5) is 0 Å². The first kappa shape index (κ1) is 10.9. The largest absolute Gasteiger partial charge is 0.472 e. The molecule has 0 radical (unpaired) electrons. The monoisotopic (exact) mass is 247 g/mol. The topological polar surface area (TPSA) is 47.9 Å². The highest BCUT2D eigenvalue weighted by Crippen LogP contribution is 2.26. The van der Waals surface area contributed by atoms with Gasteiger partial charge in [-0.1, -0.05) is 18.0 Å². The smallest absolute Gasteiger partial charge is 0.257 e. The van der Waals surface area contributed by atoms with E-state index in [0.717, 1.165) is 12.8 Å². The molecule has 0 amide bonds. The Hall–Kier alpha value is -0.610. The molecule has 0 spiro atoms. The van der Waals surface area contributed by atoms with Crippen LogP contribution < -0.4 is 4.74 Å². The summed E-state index contributed by atoms with van der Waals surface area (Å²) in [6.45, 7) is 0. The van der Waals surface area contributed by atoms with Crippen molar-refractivity contribution in [2.45, 2.75) is 38.2 Å². The average Bonchev–Trinajstić information content (AvgIpc) is 2.25. The zero-order valence-electron chi connectivity index (χ0n) is 8.12. The third-order valence-corrected chi connectivity index (χ3v) is 2.82. The predicted octanol–water partition coefficient (Wildman–Crippen LogP) is 2.89. The molecule has 82 valence electrons. The van der Waals surface area contributed by atoms with Crippen LogP contribution in [-0.2, 0) is 0 Å². The number of aromatic nitrogens is 3. The van der Waals surface area contributed by atoms with Crippen molar-refractivity contribution >= 4 is 23.2 Å². The fourth-order valence-corrected chi connectivity index (χ4v) is 1.94. The Labute approximate surface area is 98.0 Å². The van der Waals surface area contributed by atoms with Crippen molar-refractivity contribution in [3.8, 4) is 5.88 Å². The predicted molar refractivity (Wildman–Crippen MR) is 57.3 cm³/mol. The van der Waals surface area contributed by atoms with Gasteiger partial charge in [-0.25, -0.2) is 0 Å². The molecule has 4 nitrogen and oxygen atoms in total. The Morgan fingerprint density at radius 2 is 1.80 bits per heavy atom. The van der Waals surface area contributed by atoms with Crippen LogP contribution in [0, 0.1) is 0 Å². The highest BCUT2D eigenvalue weighted by atomic mass is 35.5. The minimum Gasteiger partial charge on any atom is -0.472 e. The lowest BCUT2D eigenvalue weighted by atomic mass is 9.98. The molecule has 0 unspecified atom stereocenters. The van der Waals surface area contributed by atoms with Gasteiger partial charge in [-0.05, 0) is 37.3 Å². The lowest BCUT2D eigenvalue weighted by Crippen LogP contribution is -2.20. The molecule has 0 bridgehead atoms. The first-order valence-corrected chi connectivity index (χ1v) is 5.73. The van der Waals surface area contributed by atoms with Gasteiger partial charge in [-0.3, -0.25) is 0 Å². The SMILES string of the molecule is Clc1nnc(Cl)c(OC2CCCCC2)n1. The molecule has 1 saturated carbocycles. The number of ether oxygens (including phenoxy) is 1. The summed E-state index contributed by atoms with van der Waals surface area (Å²) in [6, 6.07) is 0. The second kappa shape index (κ2) is 4.94. The molecule has 1 fully saturated rings. The van der Waals surface area contributed by atoms with Gasteiger partial charge in [0.1, 0.15) is 6.10 Å². The zero-order chi connectivity index (χ0) is 10.7. The molecule has 0 saturated heterocycles. The van der Waals surface area contributed by atoms with E-state index in [0.29, 0.717) is 5.88 Å². The van der Waals surface area contributed by atoms with Crippen molar-refractivity contribution in [2.24, 2.45) is 0 Å². The molecule has 1 aromatic heterocycles. The second-order valence-corrected chi connectivity index (χ2v) is 4.25. The van der Waals surface area contributed by atoms with Crippen molar-refractivity contribution < 1.29 is 4.74 Å². The standard InChI is InChI=1S/C9H11Cl2N3O/c10-7-8(12-9(11)14-13-7)15-6-4-2-1-3-5-6/h6H,1-5H2. The first-order chi connectivity index (χ1) is 7.25. The fourth-order valence-electron chi connectivity index (χ4n) is 1.70. The lowest BCUT2D eigenvalue weighted by Gasteiger charge is -2.22. The zero-order valence-corrected chi connectivity index (χ0v) is 9.63. The number of rotatable bonds is 2. The van der Waals surface area contributed by atoms with Gasteiger partial charge >= 0.3 is 0 Å². The minimum absolute atomic E-state index is 0.0604. The van der Waals surface area contributed by atoms with E-state index in [1.54, 1.807) is 0 Å². The normalized spacial score (nSPS) is 17.7. The van der Waals surface area contributed by atoms with Gasteiger partial charge in [0.15, 0.2) is 0 Å². The van der Waals surface area contributed by atoms with Crippen LogP contribution in [0.5, 0.6) is 5.88 Å². The summed E-state index contributed by atoms with van der Waals surface area (Å²) in [5, 5.41) is 7.40. The van der Waals surface area contributed by atoms with E-state index in [4.69, 9.17) is 27.9 Å². The molecular weight excluding hydrogens is 237 g/mol. The first-order valence-electron chi connectivity index (χ1n) is 4.98. The van der Waals surface area contributed by atoms with Crippen molar-refractivity contribution in [1.82, 2.24) is 15.2 Å². The highest BCUT2D eigenvalue weighted by molar-refractivity contribution is 6.31. The summed E-state index contributed by atoms with van der Waals surface area (Å²) in [7, 11) is 0. The number of hydrogen-bond acceptors (Lipinski definition) is 4. The van der Waals surface area contributed by atoms with Crippen LogP contribution in [0.15, 0.2) is 0 Å². The van der Waals surface area contributed by atoms with Crippen LogP contribution in [0.2, 0.25) is 10.4 Å². The molecule has 0 N–H and O–H groups in total. The van der Waals surface area contributed by atoms with E-state index >= 15 is 0 Å². The number of nitrogens with zero attached hydrogens (tertiary/aromatic N) is 3. The fraction of sp³-hybridized carbons (Fsp3) is 0.667. The summed E-state index contributed by atoms with van der Waals surface area (Å²) >= 11 is 11.4. The van der Waals surface area contributed by atoms with Crippen molar-refractivity contribution in [1.29, 1.82) is 0 Å². The third-order valence-electron chi connectivity index (χ3n) is 2.42. The summed E-state index contributed by atoms with van der Waals surface area (Å²) in [5.41, 5.74) is 0. The Bertz CT molecular complexity index is 342. The summed E-state index contributed by atoms with van der Waals surface area (Å²) in [4.78, 5) is 3.90. The molecule has 0 aromatic carbocycles. The second-order valence-electron chi connectivity index (χ2n) is 3.55. The summed E-state index contributed by atoms with van der Waals surface area (Å²) in [5.74, 6) is 0.295. The number of hydrogen-bond donors (Lipinski definition) is 0. The highest BCUT2D eigenvalue weighted by Gasteiger charge is 2.18. The molecule has 6 heteroatoms. The maximum atomic E-state index is 5.80. The Morgan fingerprint density at radius 1 is 1.07 bits per heavy atom. The van der Waals surface area contributed by atoms with Gasteiger partial charge in [0, 0.05) is 0 Å². The average molecular weight is 248 g/mol. The molecule has 0 aliphatic heterocycles. The van der Waals surface area contributed by atoms with E-state index in [1.165, 1.54) is 19.3 Å². The maximum Gasteiger partial charge on any atom is 0.257 e. The minimum atomic E-state index is 0.0604. The maximum absolute atomic E-state index is 5.80. The summed E-state index contributed by atoms with van der Waals surface area (Å²) in [6.07, 6.45) is 5.92. The Kier molecular flexibility index (Phi) is 3.59. The van der Waals surface area contributed by atoms with E-state index in [-0.39, 0.29) is 16.5 Å². The summed E-state index contributed by atoms with van der Waals surface area (Å²) < 4.78 is 5.64. The molecule has 0 atom stereocenters. The van der Waals surface area contributed by atoms with Gasteiger partial charge in [-0.2, -0.15) is 4.98 Å². The van der Waals surface area contributed by atoms with E-state index in [2.05, 4.69) is 15.2 Å². The molecule has 1 aliphatic carbocycles. The van der Waals surface area contributed by atoms with Gasteiger partial charge < -0.3 is 4.74 Å². The molecule has 1 aromatic rings. The van der Waals surface area contributed by atoms with Gasteiger partial charge in [0.05, 0.1) is 0 Å². The van der Waals surface area contributed by atoms with Crippen molar-refractivity contribution in [2.75, 3.05) is 0 Å².